The highest BCUT2D eigenvalue weighted by molar-refractivity contribution is 5.76. The molecule has 17 atom stereocenters. The third-order valence-electron chi connectivity index (χ3n) is 20.0. The maximum Gasteiger partial charge on any atom is 0.220 e. The van der Waals surface area contributed by atoms with E-state index in [1.54, 1.807) is 0 Å². The minimum Gasteiger partial charge on any atom is -0.394 e. The summed E-state index contributed by atoms with van der Waals surface area (Å²) < 4.78 is 34.5. The average molecular weight is 1390 g/mol. The predicted octanol–water partition coefficient (Wildman–Crippen LogP) is 12.7. The Labute approximate surface area is 587 Å². The summed E-state index contributed by atoms with van der Waals surface area (Å²) >= 11 is 0. The van der Waals surface area contributed by atoms with Crippen molar-refractivity contribution >= 4 is 5.91 Å². The van der Waals surface area contributed by atoms with Crippen molar-refractivity contribution in [2.24, 2.45) is 0 Å². The van der Waals surface area contributed by atoms with Crippen LogP contribution in [-0.4, -0.2) is 193 Å². The fourth-order valence-electron chi connectivity index (χ4n) is 13.6. The summed E-state index contributed by atoms with van der Waals surface area (Å²) in [5, 5.41) is 121. The molecule has 19 heteroatoms. The predicted molar refractivity (Wildman–Crippen MR) is 383 cm³/mol. The van der Waals surface area contributed by atoms with Crippen molar-refractivity contribution in [2.45, 2.75) is 426 Å². The molecule has 0 spiro atoms. The minimum atomic E-state index is -1.97. The monoisotopic (exact) mass is 1380 g/mol. The Bertz CT molecular complexity index is 1900. The molecule has 0 saturated carbocycles. The Balaban J connectivity index is 1.38. The smallest absolute Gasteiger partial charge is 0.220 e. The van der Waals surface area contributed by atoms with Crippen LogP contribution >= 0.6 is 0 Å². The van der Waals surface area contributed by atoms with Crippen LogP contribution in [-0.2, 0) is 33.2 Å². The number of nitrogens with one attached hydrogen (secondary N) is 1. The molecule has 0 aromatic carbocycles. The number of unbranched alkanes of at least 4 members (excludes halogenated alkanes) is 41. The number of hydrogen-bond acceptors (Lipinski definition) is 18. The van der Waals surface area contributed by atoms with E-state index in [1.165, 1.54) is 218 Å². The molecule has 17 unspecified atom stereocenters. The van der Waals surface area contributed by atoms with Crippen LogP contribution in [0, 0.1) is 0 Å². The van der Waals surface area contributed by atoms with Crippen LogP contribution in [0.2, 0.25) is 0 Å². The molecule has 12 N–H and O–H groups in total. The topological polar surface area (TPSA) is 307 Å². The van der Waals surface area contributed by atoms with Gasteiger partial charge in [0.2, 0.25) is 5.91 Å². The highest BCUT2D eigenvalue weighted by Gasteiger charge is 2.54. The maximum absolute atomic E-state index is 13.5. The van der Waals surface area contributed by atoms with E-state index in [2.05, 4.69) is 55.6 Å². The van der Waals surface area contributed by atoms with E-state index < -0.39 is 124 Å². The van der Waals surface area contributed by atoms with Crippen LogP contribution in [0.1, 0.15) is 322 Å². The van der Waals surface area contributed by atoms with E-state index in [0.29, 0.717) is 12.8 Å². The number of carbonyl (C=O) groups is 1. The summed E-state index contributed by atoms with van der Waals surface area (Å²) in [7, 11) is 0. The minimum absolute atomic E-state index is 0.246. The Morgan fingerprint density at radius 1 is 0.371 bits per heavy atom. The van der Waals surface area contributed by atoms with Crippen molar-refractivity contribution in [1.82, 2.24) is 5.32 Å². The third kappa shape index (κ3) is 40.0. The van der Waals surface area contributed by atoms with E-state index in [0.717, 1.165) is 70.6 Å². The standard InChI is InChI=1S/C78H145NO18/c1-3-5-7-9-11-13-15-17-19-21-23-25-27-28-29-30-31-32-34-35-37-39-41-43-45-47-49-51-53-55-62(83)61(79-66(84)56-54-52-50-48-46-44-42-40-38-36-33-26-24-22-20-18-16-14-12-10-8-6-4-2)60-92-76-72(90)69(87)74(64(58-81)94-76)97-78-73(91)70(88)75(65(59-82)95-78)96-77-71(89)68(86)67(85)63(57-80)93-77/h16,18,22,24,33,36,61-65,67-78,80-83,85-91H,3-15,17,19-21,23,25-32,34-35,37-60H2,1-2H3,(H,79,84)/b18-16-,24-22-,36-33-. The molecule has 1 amide bonds. The summed E-state index contributed by atoms with van der Waals surface area (Å²) in [4.78, 5) is 13.5. The van der Waals surface area contributed by atoms with Gasteiger partial charge in [-0.05, 0) is 51.4 Å². The van der Waals surface area contributed by atoms with Crippen LogP contribution in [0.25, 0.3) is 0 Å². The molecule has 3 heterocycles. The van der Waals surface area contributed by atoms with Gasteiger partial charge in [0.25, 0.3) is 0 Å². The lowest BCUT2D eigenvalue weighted by Gasteiger charge is -2.48. The van der Waals surface area contributed by atoms with Crippen molar-refractivity contribution < 1.29 is 89.4 Å². The normalized spacial score (nSPS) is 27.0. The van der Waals surface area contributed by atoms with Gasteiger partial charge < -0.3 is 89.9 Å². The van der Waals surface area contributed by atoms with Crippen LogP contribution in [0.15, 0.2) is 36.5 Å². The number of carbonyl (C=O) groups excluding carboxylic acids is 1. The largest absolute Gasteiger partial charge is 0.394 e. The second-order valence-corrected chi connectivity index (χ2v) is 28.5. The Kier molecular flexibility index (Phi) is 54.6. The number of amides is 1. The molecule has 3 aliphatic rings. The number of rotatable bonds is 63. The van der Waals surface area contributed by atoms with E-state index in [4.69, 9.17) is 28.4 Å². The Morgan fingerprint density at radius 2 is 0.680 bits per heavy atom. The zero-order valence-electron chi connectivity index (χ0n) is 60.8. The van der Waals surface area contributed by atoms with Gasteiger partial charge in [-0.15, -0.1) is 0 Å². The van der Waals surface area contributed by atoms with E-state index in [1.807, 2.05) is 0 Å². The van der Waals surface area contributed by atoms with Gasteiger partial charge in [-0.3, -0.25) is 4.79 Å². The molecule has 19 nitrogen and oxygen atoms in total. The number of aliphatic hydroxyl groups excluding tert-OH is 11. The molecule has 0 aromatic rings. The molecule has 97 heavy (non-hydrogen) atoms. The molecular weight excluding hydrogens is 1240 g/mol. The first-order valence-corrected chi connectivity index (χ1v) is 39.7. The van der Waals surface area contributed by atoms with Crippen molar-refractivity contribution in [3.05, 3.63) is 36.5 Å². The van der Waals surface area contributed by atoms with Gasteiger partial charge in [-0.2, -0.15) is 0 Å². The molecule has 0 radical (unpaired) electrons. The third-order valence-corrected chi connectivity index (χ3v) is 20.0. The van der Waals surface area contributed by atoms with Crippen LogP contribution in [0.4, 0.5) is 0 Å². The van der Waals surface area contributed by atoms with Gasteiger partial charge in [0, 0.05) is 6.42 Å². The highest BCUT2D eigenvalue weighted by atomic mass is 16.8. The molecule has 0 aliphatic carbocycles. The lowest BCUT2D eigenvalue weighted by atomic mass is 9.96. The molecule has 3 aliphatic heterocycles. The van der Waals surface area contributed by atoms with Gasteiger partial charge in [0.15, 0.2) is 18.9 Å². The van der Waals surface area contributed by atoms with Crippen LogP contribution < -0.4 is 5.32 Å². The highest BCUT2D eigenvalue weighted by Crippen LogP contribution is 2.33. The molecular formula is C78H145NO18. The summed E-state index contributed by atoms with van der Waals surface area (Å²) in [5.74, 6) is -0.246. The first-order chi connectivity index (χ1) is 47.3. The van der Waals surface area contributed by atoms with Crippen molar-refractivity contribution in [3.63, 3.8) is 0 Å². The Hall–Kier alpha value is -1.99. The van der Waals surface area contributed by atoms with E-state index in [9.17, 15) is 61.0 Å². The van der Waals surface area contributed by atoms with Gasteiger partial charge in [-0.25, -0.2) is 0 Å². The second kappa shape index (κ2) is 59.4. The summed E-state index contributed by atoms with van der Waals surface area (Å²) in [5.41, 5.74) is 0. The number of hydrogen-bond donors (Lipinski definition) is 12. The molecule has 3 fully saturated rings. The van der Waals surface area contributed by atoms with Crippen LogP contribution in [0.5, 0.6) is 0 Å². The first-order valence-electron chi connectivity index (χ1n) is 39.7. The van der Waals surface area contributed by atoms with Gasteiger partial charge in [0.05, 0.1) is 38.6 Å². The zero-order valence-corrected chi connectivity index (χ0v) is 60.8. The quantitative estimate of drug-likeness (QED) is 0.0199. The van der Waals surface area contributed by atoms with Crippen LogP contribution in [0.3, 0.4) is 0 Å². The van der Waals surface area contributed by atoms with Crippen molar-refractivity contribution in [2.75, 3.05) is 26.4 Å². The first kappa shape index (κ1) is 89.2. The lowest BCUT2D eigenvalue weighted by Crippen LogP contribution is -2.66. The van der Waals surface area contributed by atoms with E-state index >= 15 is 0 Å². The van der Waals surface area contributed by atoms with E-state index in [-0.39, 0.29) is 18.9 Å². The summed E-state index contributed by atoms with van der Waals surface area (Å²) in [6.45, 7) is 1.83. The Morgan fingerprint density at radius 3 is 1.06 bits per heavy atom. The number of ether oxygens (including phenoxy) is 6. The lowest BCUT2D eigenvalue weighted by molar-refractivity contribution is -0.379. The molecule has 0 bridgehead atoms. The van der Waals surface area contributed by atoms with Gasteiger partial charge >= 0.3 is 0 Å². The molecule has 3 saturated heterocycles. The maximum atomic E-state index is 13.5. The molecule has 570 valence electrons. The fourth-order valence-corrected chi connectivity index (χ4v) is 13.6. The number of aliphatic hydroxyl groups is 11. The summed E-state index contributed by atoms with van der Waals surface area (Å²) in [6, 6.07) is -0.894. The average Bonchev–Trinajstić information content (AvgIpc) is 0.826. The zero-order chi connectivity index (χ0) is 70.4. The second-order valence-electron chi connectivity index (χ2n) is 28.5. The van der Waals surface area contributed by atoms with Gasteiger partial charge in [-0.1, -0.05) is 301 Å². The fraction of sp³-hybridized carbons (Fsp3) is 0.910. The SMILES string of the molecule is CCCCCCC/C=C\C/C=C\C/C=C\CCCCCCCCCCC(=O)NC(COC1OC(CO)C(OC2OC(CO)C(OC3OC(CO)C(O)C(O)C3O)C(O)C2O)C(O)C1O)C(O)CCCCCCCCCCCCCCCCCCCCCCCCCCCCCCC. The van der Waals surface area contributed by atoms with Crippen molar-refractivity contribution in [1.29, 1.82) is 0 Å². The molecule has 0 aromatic heterocycles. The number of allylic oxidation sites excluding steroid dienone is 6. The van der Waals surface area contributed by atoms with Gasteiger partial charge in [0.1, 0.15) is 73.2 Å². The summed E-state index contributed by atoms with van der Waals surface area (Å²) in [6.07, 6.45) is 45.1. The van der Waals surface area contributed by atoms with Crippen molar-refractivity contribution in [3.8, 4) is 0 Å². The molecule has 3 rings (SSSR count).